The molecule has 0 saturated heterocycles. The molecule has 24 heavy (non-hydrogen) atoms. The third kappa shape index (κ3) is 8.37. The Labute approximate surface area is 164 Å². The van der Waals surface area contributed by atoms with Crippen molar-refractivity contribution in [1.82, 2.24) is 14.8 Å². The van der Waals surface area contributed by atoms with Crippen molar-refractivity contribution in [2.45, 2.75) is 40.2 Å². The van der Waals surface area contributed by atoms with E-state index >= 15 is 0 Å². The highest BCUT2D eigenvalue weighted by Crippen LogP contribution is 2.16. The number of nitrogens with zero attached hydrogens (tertiary/aromatic N) is 3. The number of hydrogen-bond acceptors (Lipinski definition) is 2. The molecule has 0 spiro atoms. The Kier molecular flexibility index (Phi) is 12.2. The lowest BCUT2D eigenvalue weighted by Gasteiger charge is -2.23. The van der Waals surface area contributed by atoms with Gasteiger partial charge in [-0.2, -0.15) is 0 Å². The second kappa shape index (κ2) is 12.6. The van der Waals surface area contributed by atoms with Gasteiger partial charge in [0.25, 0.3) is 0 Å². The van der Waals surface area contributed by atoms with Crippen LogP contribution in [0.3, 0.4) is 0 Å². The minimum Gasteiger partial charge on any atom is -0.396 e. The average molecular weight is 450 g/mol. The molecule has 0 aliphatic heterocycles. The second-order valence-corrected chi connectivity index (χ2v) is 6.67. The summed E-state index contributed by atoms with van der Waals surface area (Å²) < 4.78 is 2.13. The third-order valence-electron chi connectivity index (χ3n) is 3.99. The van der Waals surface area contributed by atoms with E-state index < -0.39 is 0 Å². The number of aliphatic imine (C=N–C) groups is 1. The van der Waals surface area contributed by atoms with Crippen LogP contribution in [0.15, 0.2) is 23.3 Å². The Morgan fingerprint density at radius 2 is 2.12 bits per heavy atom. The van der Waals surface area contributed by atoms with E-state index in [1.165, 1.54) is 5.69 Å². The van der Waals surface area contributed by atoms with E-state index in [9.17, 15) is 5.11 Å². The summed E-state index contributed by atoms with van der Waals surface area (Å²) in [6, 6.07) is 4.19. The van der Waals surface area contributed by atoms with Gasteiger partial charge in [0.15, 0.2) is 5.96 Å². The van der Waals surface area contributed by atoms with Gasteiger partial charge in [-0.3, -0.25) is 4.99 Å². The Morgan fingerprint density at radius 1 is 1.42 bits per heavy atom. The highest BCUT2D eigenvalue weighted by molar-refractivity contribution is 14.0. The molecule has 1 rings (SSSR count). The summed E-state index contributed by atoms with van der Waals surface area (Å²) in [7, 11) is 4.13. The lowest BCUT2D eigenvalue weighted by atomic mass is 9.94. The highest BCUT2D eigenvalue weighted by Gasteiger charge is 2.13. The molecule has 1 aromatic rings. The van der Waals surface area contributed by atoms with Gasteiger partial charge in [0.2, 0.25) is 0 Å². The normalized spacial score (nSPS) is 12.9. The molecule has 0 aliphatic rings. The predicted molar refractivity (Wildman–Crippen MR) is 113 cm³/mol. The van der Waals surface area contributed by atoms with Crippen LogP contribution >= 0.6 is 24.0 Å². The third-order valence-corrected chi connectivity index (χ3v) is 3.99. The molecule has 0 saturated carbocycles. The van der Waals surface area contributed by atoms with E-state index in [1.54, 1.807) is 0 Å². The van der Waals surface area contributed by atoms with Crippen molar-refractivity contribution in [3.05, 3.63) is 24.0 Å². The molecule has 1 atom stereocenters. The van der Waals surface area contributed by atoms with E-state index in [2.05, 4.69) is 68.0 Å². The van der Waals surface area contributed by atoms with Gasteiger partial charge < -0.3 is 19.9 Å². The maximum atomic E-state index is 9.25. The summed E-state index contributed by atoms with van der Waals surface area (Å²) in [5, 5.41) is 12.6. The summed E-state index contributed by atoms with van der Waals surface area (Å²) in [6.45, 7) is 9.21. The molecular weight excluding hydrogens is 415 g/mol. The summed E-state index contributed by atoms with van der Waals surface area (Å²) >= 11 is 0. The van der Waals surface area contributed by atoms with Crippen LogP contribution in [0.5, 0.6) is 0 Å². The van der Waals surface area contributed by atoms with Gasteiger partial charge in [0.05, 0.1) is 6.54 Å². The quantitative estimate of drug-likeness (QED) is 0.346. The number of aromatic nitrogens is 1. The van der Waals surface area contributed by atoms with Crippen LogP contribution in [-0.4, -0.2) is 47.3 Å². The van der Waals surface area contributed by atoms with Crippen LogP contribution < -0.4 is 5.32 Å². The van der Waals surface area contributed by atoms with Gasteiger partial charge >= 0.3 is 0 Å². The molecule has 6 heteroatoms. The largest absolute Gasteiger partial charge is 0.396 e. The SMILES string of the molecule is CCNC(=NCC(CCO)CC(C)C)N(C)Cc1cccn1C.I. The monoisotopic (exact) mass is 450 g/mol. The van der Waals surface area contributed by atoms with Crippen LogP contribution in [0.25, 0.3) is 0 Å². The second-order valence-electron chi connectivity index (χ2n) is 6.67. The molecule has 1 unspecified atom stereocenters. The first-order valence-corrected chi connectivity index (χ1v) is 8.68. The van der Waals surface area contributed by atoms with E-state index in [0.717, 1.165) is 38.4 Å². The minimum absolute atomic E-state index is 0. The number of hydrogen-bond donors (Lipinski definition) is 2. The number of aliphatic hydroxyl groups excluding tert-OH is 1. The van der Waals surface area contributed by atoms with Crippen molar-refractivity contribution in [3.8, 4) is 0 Å². The zero-order valence-electron chi connectivity index (χ0n) is 15.8. The molecule has 1 aromatic heterocycles. The molecular formula is C18H35IN4O. The molecule has 0 amide bonds. The Bertz CT molecular complexity index is 473. The molecule has 0 fully saturated rings. The van der Waals surface area contributed by atoms with E-state index in [0.29, 0.717) is 11.8 Å². The van der Waals surface area contributed by atoms with Crippen LogP contribution in [-0.2, 0) is 13.6 Å². The predicted octanol–water partition coefficient (Wildman–Crippen LogP) is 3.09. The summed E-state index contributed by atoms with van der Waals surface area (Å²) in [5.41, 5.74) is 1.26. The zero-order valence-corrected chi connectivity index (χ0v) is 18.2. The summed E-state index contributed by atoms with van der Waals surface area (Å²) in [5.74, 6) is 2.00. The first-order valence-electron chi connectivity index (χ1n) is 8.68. The van der Waals surface area contributed by atoms with Gasteiger partial charge in [0, 0.05) is 45.7 Å². The lowest BCUT2D eigenvalue weighted by molar-refractivity contribution is 0.245. The molecule has 0 bridgehead atoms. The van der Waals surface area contributed by atoms with E-state index in [-0.39, 0.29) is 30.6 Å². The first kappa shape index (κ1) is 23.2. The fourth-order valence-electron chi connectivity index (χ4n) is 2.80. The molecule has 2 N–H and O–H groups in total. The Balaban J connectivity index is 0.00000529. The molecule has 0 radical (unpaired) electrons. The molecule has 140 valence electrons. The topological polar surface area (TPSA) is 52.8 Å². The maximum absolute atomic E-state index is 9.25. The number of halogens is 1. The minimum atomic E-state index is 0. The molecule has 0 aromatic carbocycles. The standard InChI is InChI=1S/C18H34N4O.HI/c1-6-19-18(20-13-16(9-11-23)12-15(2)3)22(5)14-17-8-7-10-21(17)4;/h7-8,10,15-16,23H,6,9,11-14H2,1-5H3,(H,19,20);1H. The van der Waals surface area contributed by atoms with E-state index in [4.69, 9.17) is 4.99 Å². The Hall–Kier alpha value is -0.760. The van der Waals surface area contributed by atoms with Gasteiger partial charge in [-0.25, -0.2) is 0 Å². The van der Waals surface area contributed by atoms with Gasteiger partial charge in [-0.05, 0) is 43.7 Å². The van der Waals surface area contributed by atoms with Crippen LogP contribution in [0.2, 0.25) is 0 Å². The number of nitrogens with one attached hydrogen (secondary N) is 1. The molecule has 0 aliphatic carbocycles. The fourth-order valence-corrected chi connectivity index (χ4v) is 2.80. The number of aliphatic hydroxyl groups is 1. The lowest BCUT2D eigenvalue weighted by Crippen LogP contribution is -2.39. The van der Waals surface area contributed by atoms with Crippen LogP contribution in [0, 0.1) is 11.8 Å². The van der Waals surface area contributed by atoms with Gasteiger partial charge in [-0.15, -0.1) is 24.0 Å². The van der Waals surface area contributed by atoms with E-state index in [1.807, 2.05) is 0 Å². The first-order chi connectivity index (χ1) is 11.0. The molecule has 5 nitrogen and oxygen atoms in total. The zero-order chi connectivity index (χ0) is 17.2. The van der Waals surface area contributed by atoms with Gasteiger partial charge in [-0.1, -0.05) is 13.8 Å². The van der Waals surface area contributed by atoms with Gasteiger partial charge in [0.1, 0.15) is 0 Å². The number of rotatable bonds is 9. The molecule has 1 heterocycles. The Morgan fingerprint density at radius 3 is 2.62 bits per heavy atom. The van der Waals surface area contributed by atoms with Crippen molar-refractivity contribution in [2.24, 2.45) is 23.9 Å². The van der Waals surface area contributed by atoms with Crippen molar-refractivity contribution >= 4 is 29.9 Å². The number of aryl methyl sites for hydroxylation is 1. The summed E-state index contributed by atoms with van der Waals surface area (Å²) in [4.78, 5) is 6.96. The maximum Gasteiger partial charge on any atom is 0.194 e. The fraction of sp³-hybridized carbons (Fsp3) is 0.722. The number of guanidine groups is 1. The summed E-state index contributed by atoms with van der Waals surface area (Å²) in [6.07, 6.45) is 3.99. The van der Waals surface area contributed by atoms with Crippen molar-refractivity contribution in [2.75, 3.05) is 26.7 Å². The van der Waals surface area contributed by atoms with Crippen molar-refractivity contribution in [1.29, 1.82) is 0 Å². The van der Waals surface area contributed by atoms with Crippen LogP contribution in [0.4, 0.5) is 0 Å². The smallest absolute Gasteiger partial charge is 0.194 e. The van der Waals surface area contributed by atoms with Crippen LogP contribution in [0.1, 0.15) is 39.3 Å². The van der Waals surface area contributed by atoms with Crippen molar-refractivity contribution < 1.29 is 5.11 Å². The highest BCUT2D eigenvalue weighted by atomic mass is 127. The average Bonchev–Trinajstić information content (AvgIpc) is 2.88. The van der Waals surface area contributed by atoms with Crippen molar-refractivity contribution in [3.63, 3.8) is 0 Å².